The van der Waals surface area contributed by atoms with Gasteiger partial charge in [-0.3, -0.25) is 4.79 Å². The number of nitrogens with zero attached hydrogens (tertiary/aromatic N) is 2. The molecule has 0 aliphatic carbocycles. The normalized spacial score (nSPS) is 19.6. The molecule has 4 rings (SSSR count). The van der Waals surface area contributed by atoms with Crippen molar-refractivity contribution >= 4 is 45.9 Å². The zero-order valence-corrected chi connectivity index (χ0v) is 20.0. The molecule has 0 radical (unpaired) electrons. The molecule has 32 heavy (non-hydrogen) atoms. The SMILES string of the molecule is COc1ccc(N=C2NC(=O)/C(=C\c3cc4c(cc3OC)N(C)C(C)(C)C=C4C)S2)cc1. The third-order valence-electron chi connectivity index (χ3n) is 5.81. The lowest BCUT2D eigenvalue weighted by molar-refractivity contribution is -0.115. The van der Waals surface area contributed by atoms with Crippen molar-refractivity contribution in [3.63, 3.8) is 0 Å². The highest BCUT2D eigenvalue weighted by molar-refractivity contribution is 8.18. The van der Waals surface area contributed by atoms with Gasteiger partial charge in [0.1, 0.15) is 11.5 Å². The van der Waals surface area contributed by atoms with Crippen LogP contribution in [-0.2, 0) is 4.79 Å². The van der Waals surface area contributed by atoms with Crippen LogP contribution in [0.2, 0.25) is 0 Å². The van der Waals surface area contributed by atoms with E-state index in [9.17, 15) is 4.79 Å². The standard InChI is InChI=1S/C25H27N3O3S/c1-15-14-25(2,3)28(4)20-13-21(31-6)16(11-19(15)20)12-22-23(29)27-24(32-22)26-17-7-9-18(30-5)10-8-17/h7-14H,1-6H3,(H,26,27,29)/b22-12+. The number of rotatable bonds is 4. The highest BCUT2D eigenvalue weighted by atomic mass is 32.2. The van der Waals surface area contributed by atoms with Crippen molar-refractivity contribution < 1.29 is 14.3 Å². The van der Waals surface area contributed by atoms with Gasteiger partial charge in [0.25, 0.3) is 5.91 Å². The molecule has 0 bridgehead atoms. The molecule has 2 aliphatic heterocycles. The van der Waals surface area contributed by atoms with E-state index in [1.54, 1.807) is 14.2 Å². The molecule has 0 saturated carbocycles. The molecule has 7 heteroatoms. The lowest BCUT2D eigenvalue weighted by atomic mass is 9.88. The molecule has 2 aromatic carbocycles. The van der Waals surface area contributed by atoms with Gasteiger partial charge in [-0.05, 0) is 74.5 Å². The predicted molar refractivity (Wildman–Crippen MR) is 133 cm³/mol. The molecule has 2 aliphatic rings. The van der Waals surface area contributed by atoms with E-state index in [2.05, 4.69) is 55.2 Å². The molecule has 1 saturated heterocycles. The van der Waals surface area contributed by atoms with Gasteiger partial charge in [-0.2, -0.15) is 0 Å². The lowest BCUT2D eigenvalue weighted by Gasteiger charge is -2.41. The zero-order chi connectivity index (χ0) is 23.0. The predicted octanol–water partition coefficient (Wildman–Crippen LogP) is 5.23. The smallest absolute Gasteiger partial charge is 0.264 e. The molecule has 1 fully saturated rings. The van der Waals surface area contributed by atoms with Crippen molar-refractivity contribution in [3.8, 4) is 11.5 Å². The summed E-state index contributed by atoms with van der Waals surface area (Å²) in [6, 6.07) is 11.5. The molecule has 6 nitrogen and oxygen atoms in total. The van der Waals surface area contributed by atoms with Crippen LogP contribution in [0.25, 0.3) is 11.6 Å². The van der Waals surface area contributed by atoms with Crippen LogP contribution in [0.3, 0.4) is 0 Å². The number of methoxy groups -OCH3 is 2. The summed E-state index contributed by atoms with van der Waals surface area (Å²) in [5.41, 5.74) is 4.96. The largest absolute Gasteiger partial charge is 0.497 e. The molecule has 2 aromatic rings. The first-order valence-electron chi connectivity index (χ1n) is 10.3. The fourth-order valence-electron chi connectivity index (χ4n) is 3.88. The van der Waals surface area contributed by atoms with Crippen LogP contribution in [0.15, 0.2) is 52.4 Å². The Morgan fingerprint density at radius 3 is 2.50 bits per heavy atom. The minimum absolute atomic E-state index is 0.0872. The van der Waals surface area contributed by atoms with Crippen LogP contribution >= 0.6 is 11.8 Å². The monoisotopic (exact) mass is 449 g/mol. The van der Waals surface area contributed by atoms with Crippen LogP contribution in [0.1, 0.15) is 31.9 Å². The second kappa shape index (κ2) is 8.39. The number of fused-ring (bicyclic) bond motifs is 1. The third-order valence-corrected chi connectivity index (χ3v) is 6.72. The van der Waals surface area contributed by atoms with Gasteiger partial charge in [-0.25, -0.2) is 4.99 Å². The van der Waals surface area contributed by atoms with E-state index in [1.165, 1.54) is 17.3 Å². The number of allylic oxidation sites excluding steroid dienone is 1. The van der Waals surface area contributed by atoms with E-state index in [1.807, 2.05) is 36.4 Å². The number of hydrogen-bond donors (Lipinski definition) is 1. The maximum absolute atomic E-state index is 12.6. The van der Waals surface area contributed by atoms with Crippen LogP contribution in [0.5, 0.6) is 11.5 Å². The number of anilines is 1. The highest BCUT2D eigenvalue weighted by Gasteiger charge is 2.30. The Morgan fingerprint density at radius 2 is 1.84 bits per heavy atom. The number of aliphatic imine (C=N–C) groups is 1. The van der Waals surface area contributed by atoms with E-state index in [0.717, 1.165) is 34.0 Å². The van der Waals surface area contributed by atoms with Crippen molar-refractivity contribution in [2.24, 2.45) is 4.99 Å². The van der Waals surface area contributed by atoms with Gasteiger partial charge in [-0.15, -0.1) is 0 Å². The molecule has 0 unspecified atom stereocenters. The number of likely N-dealkylation sites (N-methyl/N-ethyl adjacent to an activating group) is 1. The van der Waals surface area contributed by atoms with Gasteiger partial charge >= 0.3 is 0 Å². The fraction of sp³-hybridized carbons (Fsp3) is 0.280. The average molecular weight is 450 g/mol. The number of carbonyl (C=O) groups is 1. The van der Waals surface area contributed by atoms with E-state index in [-0.39, 0.29) is 11.4 Å². The molecule has 1 amide bonds. The van der Waals surface area contributed by atoms with Crippen molar-refractivity contribution in [1.82, 2.24) is 5.32 Å². The van der Waals surface area contributed by atoms with Crippen LogP contribution in [-0.4, -0.2) is 37.9 Å². The molecule has 1 N–H and O–H groups in total. The summed E-state index contributed by atoms with van der Waals surface area (Å²) in [5.74, 6) is 1.31. The van der Waals surface area contributed by atoms with Gasteiger partial charge in [0.2, 0.25) is 0 Å². The Balaban J connectivity index is 1.67. The van der Waals surface area contributed by atoms with E-state index < -0.39 is 0 Å². The van der Waals surface area contributed by atoms with E-state index in [0.29, 0.717) is 10.1 Å². The molecule has 0 atom stereocenters. The Morgan fingerprint density at radius 1 is 1.12 bits per heavy atom. The Bertz CT molecular complexity index is 1160. The molecule has 0 aromatic heterocycles. The summed E-state index contributed by atoms with van der Waals surface area (Å²) in [6.07, 6.45) is 4.12. The lowest BCUT2D eigenvalue weighted by Crippen LogP contribution is -2.42. The van der Waals surface area contributed by atoms with Gasteiger partial charge in [0.15, 0.2) is 5.17 Å². The number of carbonyl (C=O) groups excluding carboxylic acids is 1. The number of amidine groups is 1. The van der Waals surface area contributed by atoms with Crippen molar-refractivity contribution in [2.45, 2.75) is 26.3 Å². The van der Waals surface area contributed by atoms with Crippen molar-refractivity contribution in [2.75, 3.05) is 26.2 Å². The quantitative estimate of drug-likeness (QED) is 0.648. The van der Waals surface area contributed by atoms with E-state index in [4.69, 9.17) is 9.47 Å². The highest BCUT2D eigenvalue weighted by Crippen LogP contribution is 2.42. The second-order valence-electron chi connectivity index (χ2n) is 8.33. The van der Waals surface area contributed by atoms with Crippen molar-refractivity contribution in [1.29, 1.82) is 0 Å². The first kappa shape index (κ1) is 22.0. The number of ether oxygens (including phenoxy) is 2. The minimum Gasteiger partial charge on any atom is -0.497 e. The minimum atomic E-state index is -0.174. The summed E-state index contributed by atoms with van der Waals surface area (Å²) >= 11 is 1.31. The van der Waals surface area contributed by atoms with Crippen LogP contribution in [0, 0.1) is 0 Å². The summed E-state index contributed by atoms with van der Waals surface area (Å²) < 4.78 is 10.9. The molecule has 166 valence electrons. The van der Waals surface area contributed by atoms with Crippen LogP contribution in [0.4, 0.5) is 11.4 Å². The summed E-state index contributed by atoms with van der Waals surface area (Å²) in [4.78, 5) is 20.0. The molecular weight excluding hydrogens is 422 g/mol. The molecule has 0 spiro atoms. The Labute approximate surface area is 193 Å². The Kier molecular flexibility index (Phi) is 5.77. The number of hydrogen-bond acceptors (Lipinski definition) is 6. The first-order chi connectivity index (χ1) is 15.2. The Hall–Kier alpha value is -3.19. The van der Waals surface area contributed by atoms with Crippen LogP contribution < -0.4 is 19.7 Å². The number of thioether (sulfide) groups is 1. The molecule has 2 heterocycles. The maximum Gasteiger partial charge on any atom is 0.264 e. The number of nitrogens with one attached hydrogen (secondary N) is 1. The first-order valence-corrected chi connectivity index (χ1v) is 11.1. The zero-order valence-electron chi connectivity index (χ0n) is 19.1. The number of amides is 1. The van der Waals surface area contributed by atoms with Gasteiger partial charge < -0.3 is 19.7 Å². The van der Waals surface area contributed by atoms with E-state index >= 15 is 0 Å². The summed E-state index contributed by atoms with van der Waals surface area (Å²) in [5, 5.41) is 3.38. The van der Waals surface area contributed by atoms with Gasteiger partial charge in [0.05, 0.1) is 30.4 Å². The second-order valence-corrected chi connectivity index (χ2v) is 9.36. The number of benzene rings is 2. The summed E-state index contributed by atoms with van der Waals surface area (Å²) in [6.45, 7) is 6.49. The van der Waals surface area contributed by atoms with Crippen molar-refractivity contribution in [3.05, 3.63) is 58.5 Å². The maximum atomic E-state index is 12.6. The molecular formula is C25H27N3O3S. The van der Waals surface area contributed by atoms with Gasteiger partial charge in [0, 0.05) is 29.9 Å². The summed E-state index contributed by atoms with van der Waals surface area (Å²) in [7, 11) is 5.36. The van der Waals surface area contributed by atoms with Gasteiger partial charge in [-0.1, -0.05) is 6.08 Å². The average Bonchev–Trinajstić information content (AvgIpc) is 3.10. The fourth-order valence-corrected chi connectivity index (χ4v) is 4.71. The third kappa shape index (κ3) is 4.12. The topological polar surface area (TPSA) is 63.2 Å².